The first kappa shape index (κ1) is 16.0. The van der Waals surface area contributed by atoms with Crippen LogP contribution in [0.3, 0.4) is 0 Å². The Morgan fingerprint density at radius 3 is 2.74 bits per heavy atom. The number of aromatic amines is 1. The normalized spacial score (nSPS) is 17.7. The molecule has 0 radical (unpaired) electrons. The highest BCUT2D eigenvalue weighted by atomic mass is 35.5. The molecule has 5 nitrogen and oxygen atoms in total. The Kier molecular flexibility index (Phi) is 4.98. The largest absolute Gasteiger partial charge is 0.344 e. The van der Waals surface area contributed by atoms with Gasteiger partial charge in [-0.3, -0.25) is 9.89 Å². The molecule has 1 saturated carbocycles. The Balaban J connectivity index is 0.00000180. The summed E-state index contributed by atoms with van der Waals surface area (Å²) in [6.07, 6.45) is 2.38. The molecule has 1 amide bonds. The molecule has 1 fully saturated rings. The van der Waals surface area contributed by atoms with Crippen molar-refractivity contribution in [1.82, 2.24) is 15.5 Å². The molecule has 0 aromatic carbocycles. The van der Waals surface area contributed by atoms with Crippen LogP contribution in [0.25, 0.3) is 0 Å². The van der Waals surface area contributed by atoms with Crippen molar-refractivity contribution in [2.75, 3.05) is 6.54 Å². The topological polar surface area (TPSA) is 83.8 Å². The van der Waals surface area contributed by atoms with E-state index < -0.39 is 5.54 Å². The highest BCUT2D eigenvalue weighted by molar-refractivity contribution is 5.92. The molecule has 1 unspecified atom stereocenters. The van der Waals surface area contributed by atoms with Crippen LogP contribution in [0.5, 0.6) is 0 Å². The number of carbonyl (C=O) groups excluding carboxylic acids is 1. The van der Waals surface area contributed by atoms with E-state index in [-0.39, 0.29) is 24.2 Å². The molecule has 1 aliphatic carbocycles. The van der Waals surface area contributed by atoms with Gasteiger partial charge in [0.05, 0.1) is 5.54 Å². The summed E-state index contributed by atoms with van der Waals surface area (Å²) in [5.41, 5.74) is 6.89. The lowest BCUT2D eigenvalue weighted by Gasteiger charge is -2.33. The third kappa shape index (κ3) is 3.48. The second-order valence-corrected chi connectivity index (χ2v) is 5.71. The summed E-state index contributed by atoms with van der Waals surface area (Å²) in [6, 6.07) is 1.85. The molecule has 19 heavy (non-hydrogen) atoms. The van der Waals surface area contributed by atoms with Crippen molar-refractivity contribution in [3.63, 3.8) is 0 Å². The Morgan fingerprint density at radius 1 is 1.63 bits per heavy atom. The fourth-order valence-corrected chi connectivity index (χ4v) is 1.81. The Morgan fingerprint density at radius 2 is 2.26 bits per heavy atom. The number of hydrogen-bond acceptors (Lipinski definition) is 3. The molecule has 0 bridgehead atoms. The van der Waals surface area contributed by atoms with Gasteiger partial charge in [-0.05, 0) is 31.7 Å². The number of halogens is 1. The number of carbonyl (C=O) groups is 1. The van der Waals surface area contributed by atoms with E-state index >= 15 is 0 Å². The van der Waals surface area contributed by atoms with Crippen LogP contribution >= 0.6 is 12.4 Å². The maximum atomic E-state index is 12.1. The van der Waals surface area contributed by atoms with Crippen LogP contribution in [-0.4, -0.2) is 28.2 Å². The van der Waals surface area contributed by atoms with E-state index in [9.17, 15) is 4.79 Å². The van der Waals surface area contributed by atoms with Gasteiger partial charge in [-0.2, -0.15) is 5.10 Å². The van der Waals surface area contributed by atoms with Crippen molar-refractivity contribution in [2.24, 2.45) is 11.7 Å². The van der Waals surface area contributed by atoms with E-state index in [0.29, 0.717) is 18.2 Å². The number of nitrogens with two attached hydrogens (primary N) is 1. The third-order valence-corrected chi connectivity index (χ3v) is 3.94. The minimum Gasteiger partial charge on any atom is -0.344 e. The van der Waals surface area contributed by atoms with Crippen molar-refractivity contribution >= 4 is 18.3 Å². The van der Waals surface area contributed by atoms with E-state index in [1.165, 1.54) is 12.8 Å². The zero-order valence-electron chi connectivity index (χ0n) is 11.7. The molecule has 1 heterocycles. The first-order valence-corrected chi connectivity index (χ1v) is 6.54. The second kappa shape index (κ2) is 5.92. The van der Waals surface area contributed by atoms with Gasteiger partial charge in [-0.1, -0.05) is 13.8 Å². The van der Waals surface area contributed by atoms with Crippen molar-refractivity contribution in [1.29, 1.82) is 0 Å². The number of nitrogens with one attached hydrogen (secondary N) is 2. The molecule has 6 heteroatoms. The zero-order chi connectivity index (χ0) is 13.3. The highest BCUT2D eigenvalue weighted by Crippen LogP contribution is 2.39. The van der Waals surface area contributed by atoms with Gasteiger partial charge in [0.2, 0.25) is 0 Å². The van der Waals surface area contributed by atoms with Gasteiger partial charge in [0.1, 0.15) is 5.69 Å². The number of nitrogens with zero attached hydrogens (tertiary/aromatic N) is 1. The molecule has 0 spiro atoms. The molecule has 1 aromatic rings. The first-order chi connectivity index (χ1) is 8.46. The van der Waals surface area contributed by atoms with Crippen LogP contribution in [-0.2, 0) is 0 Å². The van der Waals surface area contributed by atoms with Crippen LogP contribution in [0.15, 0.2) is 6.07 Å². The molecule has 108 valence electrons. The Bertz CT molecular complexity index is 442. The predicted octanol–water partition coefficient (Wildman–Crippen LogP) is 1.81. The van der Waals surface area contributed by atoms with E-state index in [0.717, 1.165) is 5.69 Å². The highest BCUT2D eigenvalue weighted by Gasteiger charge is 2.31. The minimum atomic E-state index is -0.393. The van der Waals surface area contributed by atoms with E-state index in [1.54, 1.807) is 0 Å². The van der Waals surface area contributed by atoms with E-state index in [2.05, 4.69) is 15.5 Å². The van der Waals surface area contributed by atoms with Crippen LogP contribution < -0.4 is 11.1 Å². The fraction of sp³-hybridized carbons (Fsp3) is 0.692. The van der Waals surface area contributed by atoms with Crippen molar-refractivity contribution in [3.05, 3.63) is 17.5 Å². The van der Waals surface area contributed by atoms with Gasteiger partial charge >= 0.3 is 0 Å². The monoisotopic (exact) mass is 286 g/mol. The number of aromatic nitrogens is 2. The van der Waals surface area contributed by atoms with Gasteiger partial charge in [0.15, 0.2) is 0 Å². The summed E-state index contributed by atoms with van der Waals surface area (Å²) in [5, 5.41) is 10.0. The van der Waals surface area contributed by atoms with Gasteiger partial charge < -0.3 is 11.1 Å². The summed E-state index contributed by atoms with van der Waals surface area (Å²) >= 11 is 0. The first-order valence-electron chi connectivity index (χ1n) is 6.54. The summed E-state index contributed by atoms with van der Waals surface area (Å²) in [7, 11) is 0. The summed E-state index contributed by atoms with van der Waals surface area (Å²) in [6.45, 7) is 6.47. The van der Waals surface area contributed by atoms with Gasteiger partial charge in [0, 0.05) is 18.2 Å². The Hall–Kier alpha value is -1.07. The van der Waals surface area contributed by atoms with Crippen molar-refractivity contribution in [2.45, 2.75) is 45.1 Å². The molecule has 4 N–H and O–H groups in total. The SMILES string of the molecule is CC(C)C(C)(CN)NC(=O)c1cc(C2CC2)[nH]n1.Cl. The molecule has 2 rings (SSSR count). The van der Waals surface area contributed by atoms with E-state index in [4.69, 9.17) is 5.73 Å². The van der Waals surface area contributed by atoms with Crippen LogP contribution in [0.4, 0.5) is 0 Å². The maximum absolute atomic E-state index is 12.1. The van der Waals surface area contributed by atoms with E-state index in [1.807, 2.05) is 26.8 Å². The lowest BCUT2D eigenvalue weighted by atomic mass is 9.88. The second-order valence-electron chi connectivity index (χ2n) is 5.71. The minimum absolute atomic E-state index is 0. The lowest BCUT2D eigenvalue weighted by molar-refractivity contribution is 0.0878. The average molecular weight is 287 g/mol. The third-order valence-electron chi connectivity index (χ3n) is 3.94. The summed E-state index contributed by atoms with van der Waals surface area (Å²) in [5.74, 6) is 0.693. The summed E-state index contributed by atoms with van der Waals surface area (Å²) < 4.78 is 0. The predicted molar refractivity (Wildman–Crippen MR) is 77.6 cm³/mol. The maximum Gasteiger partial charge on any atom is 0.272 e. The quantitative estimate of drug-likeness (QED) is 0.772. The lowest BCUT2D eigenvalue weighted by Crippen LogP contribution is -2.55. The molecule has 1 aliphatic rings. The Labute approximate surface area is 120 Å². The molecule has 0 aliphatic heterocycles. The zero-order valence-corrected chi connectivity index (χ0v) is 12.5. The van der Waals surface area contributed by atoms with Crippen LogP contribution in [0.2, 0.25) is 0 Å². The van der Waals surface area contributed by atoms with Crippen LogP contribution in [0.1, 0.15) is 55.7 Å². The smallest absolute Gasteiger partial charge is 0.272 e. The van der Waals surface area contributed by atoms with Crippen molar-refractivity contribution in [3.8, 4) is 0 Å². The van der Waals surface area contributed by atoms with Crippen LogP contribution in [0, 0.1) is 5.92 Å². The number of H-pyrrole nitrogens is 1. The molecule has 1 aromatic heterocycles. The standard InChI is InChI=1S/C13H22N4O.ClH/c1-8(2)13(3,7-14)15-12(18)11-6-10(16-17-11)9-4-5-9;/h6,8-9H,4-5,7,14H2,1-3H3,(H,15,18)(H,16,17);1H. The molecule has 0 saturated heterocycles. The molecular formula is C13H23ClN4O. The number of hydrogen-bond donors (Lipinski definition) is 3. The number of amides is 1. The van der Waals surface area contributed by atoms with Gasteiger partial charge in [-0.15, -0.1) is 12.4 Å². The number of rotatable bonds is 5. The average Bonchev–Trinajstić information content (AvgIpc) is 3.06. The van der Waals surface area contributed by atoms with Gasteiger partial charge in [-0.25, -0.2) is 0 Å². The molecule has 1 atom stereocenters. The van der Waals surface area contributed by atoms with Crippen molar-refractivity contribution < 1.29 is 4.79 Å². The van der Waals surface area contributed by atoms with Gasteiger partial charge in [0.25, 0.3) is 5.91 Å². The molecular weight excluding hydrogens is 264 g/mol. The summed E-state index contributed by atoms with van der Waals surface area (Å²) in [4.78, 5) is 12.1. The fourth-order valence-electron chi connectivity index (χ4n) is 1.81.